The van der Waals surface area contributed by atoms with Gasteiger partial charge in [0.2, 0.25) is 0 Å². The minimum Gasteiger partial charge on any atom is -0.327 e. The maximum absolute atomic E-state index is 11.5. The summed E-state index contributed by atoms with van der Waals surface area (Å²) in [6, 6.07) is 0. The normalized spacial score (nSPS) is 13.7. The van der Waals surface area contributed by atoms with Gasteiger partial charge in [0.25, 0.3) is 0 Å². The van der Waals surface area contributed by atoms with Crippen molar-refractivity contribution >= 4 is 0 Å². The van der Waals surface area contributed by atoms with Crippen LogP contribution in [0.2, 0.25) is 0 Å². The Morgan fingerprint density at radius 1 is 1.45 bits per heavy atom. The highest BCUT2D eigenvalue weighted by Crippen LogP contribution is 2.21. The van der Waals surface area contributed by atoms with E-state index in [4.69, 9.17) is 5.73 Å². The van der Waals surface area contributed by atoms with Gasteiger partial charge < -0.3 is 5.73 Å². The molecule has 0 aromatic heterocycles. The van der Waals surface area contributed by atoms with Gasteiger partial charge in [0, 0.05) is 13.0 Å². The van der Waals surface area contributed by atoms with Gasteiger partial charge in [-0.05, 0) is 13.3 Å². The maximum atomic E-state index is 11.5. The number of rotatable bonds is 3. The second-order valence-corrected chi connectivity index (χ2v) is 2.41. The Labute approximate surface area is 64.1 Å². The molecule has 0 unspecified atom stereocenters. The van der Waals surface area contributed by atoms with Gasteiger partial charge in [0.15, 0.2) is 0 Å². The molecule has 2 N–H and O–H groups in total. The molecular weight excluding hydrogens is 155 g/mol. The third kappa shape index (κ3) is 7.39. The van der Waals surface area contributed by atoms with E-state index < -0.39 is 12.6 Å². The monoisotopic (exact) mass is 167 g/mol. The average molecular weight is 167 g/mol. The molecule has 0 atom stereocenters. The minimum absolute atomic E-state index is 0.0343. The molecule has 0 saturated carbocycles. The van der Waals surface area contributed by atoms with Crippen molar-refractivity contribution in [3.05, 3.63) is 11.6 Å². The molecule has 0 fully saturated rings. The van der Waals surface area contributed by atoms with E-state index in [1.807, 2.05) is 0 Å². The topological polar surface area (TPSA) is 26.0 Å². The van der Waals surface area contributed by atoms with Crippen molar-refractivity contribution in [2.24, 2.45) is 5.73 Å². The Bertz CT molecular complexity index is 137. The molecule has 4 heteroatoms. The summed E-state index contributed by atoms with van der Waals surface area (Å²) in [6.45, 7) is 2.05. The molecule has 0 aromatic rings. The van der Waals surface area contributed by atoms with Crippen LogP contribution in [0.25, 0.3) is 0 Å². The van der Waals surface area contributed by atoms with Gasteiger partial charge in [-0.25, -0.2) is 0 Å². The summed E-state index contributed by atoms with van der Waals surface area (Å²) in [5, 5.41) is 0. The Morgan fingerprint density at radius 2 is 2.00 bits per heavy atom. The largest absolute Gasteiger partial charge is 0.389 e. The van der Waals surface area contributed by atoms with E-state index in [2.05, 4.69) is 0 Å². The summed E-state index contributed by atoms with van der Waals surface area (Å²) in [6.07, 6.45) is -3.25. The van der Waals surface area contributed by atoms with Crippen LogP contribution in [-0.2, 0) is 0 Å². The van der Waals surface area contributed by atoms with Crippen LogP contribution in [0, 0.1) is 0 Å². The van der Waals surface area contributed by atoms with Crippen molar-refractivity contribution in [2.45, 2.75) is 25.9 Å². The molecule has 0 aliphatic rings. The minimum atomic E-state index is -4.05. The third-order valence-electron chi connectivity index (χ3n) is 1.24. The summed E-state index contributed by atoms with van der Waals surface area (Å²) in [7, 11) is 0. The molecule has 0 saturated heterocycles. The van der Waals surface area contributed by atoms with Gasteiger partial charge in [-0.3, -0.25) is 0 Å². The maximum Gasteiger partial charge on any atom is 0.389 e. The zero-order valence-electron chi connectivity index (χ0n) is 6.41. The third-order valence-corrected chi connectivity index (χ3v) is 1.24. The first-order chi connectivity index (χ1) is 4.95. The predicted octanol–water partition coefficient (Wildman–Crippen LogP) is 2.23. The number of allylic oxidation sites excluding steroid dienone is 1. The Morgan fingerprint density at radius 3 is 2.36 bits per heavy atom. The van der Waals surface area contributed by atoms with Crippen LogP contribution in [-0.4, -0.2) is 12.7 Å². The van der Waals surface area contributed by atoms with Crippen LogP contribution < -0.4 is 5.73 Å². The first-order valence-corrected chi connectivity index (χ1v) is 3.38. The molecule has 0 amide bonds. The van der Waals surface area contributed by atoms with E-state index in [1.165, 1.54) is 6.08 Å². The lowest BCUT2D eigenvalue weighted by Crippen LogP contribution is -2.06. The summed E-state index contributed by atoms with van der Waals surface area (Å²) in [4.78, 5) is 0. The van der Waals surface area contributed by atoms with Crippen LogP contribution in [0.15, 0.2) is 11.6 Å². The van der Waals surface area contributed by atoms with Crippen LogP contribution in [0.5, 0.6) is 0 Å². The fraction of sp³-hybridized carbons (Fsp3) is 0.714. The predicted molar refractivity (Wildman–Crippen MR) is 38.1 cm³/mol. The molecule has 0 heterocycles. The molecule has 11 heavy (non-hydrogen) atoms. The Balaban J connectivity index is 3.57. The SMILES string of the molecule is CC(=CCCC(F)(F)F)CN. The van der Waals surface area contributed by atoms with Crippen LogP contribution >= 0.6 is 0 Å². The van der Waals surface area contributed by atoms with Gasteiger partial charge in [0.1, 0.15) is 0 Å². The van der Waals surface area contributed by atoms with E-state index in [9.17, 15) is 13.2 Å². The van der Waals surface area contributed by atoms with E-state index in [0.717, 1.165) is 5.57 Å². The Kier molecular flexibility index (Phi) is 4.18. The second kappa shape index (κ2) is 4.38. The lowest BCUT2D eigenvalue weighted by Gasteiger charge is -2.02. The molecule has 0 aliphatic carbocycles. The number of hydrogen-bond donors (Lipinski definition) is 1. The molecule has 0 radical (unpaired) electrons. The summed E-state index contributed by atoms with van der Waals surface area (Å²) < 4.78 is 34.6. The fourth-order valence-electron chi connectivity index (χ4n) is 0.566. The van der Waals surface area contributed by atoms with Gasteiger partial charge in [-0.1, -0.05) is 11.6 Å². The van der Waals surface area contributed by atoms with E-state index >= 15 is 0 Å². The van der Waals surface area contributed by atoms with Crippen molar-refractivity contribution in [2.75, 3.05) is 6.54 Å². The van der Waals surface area contributed by atoms with Gasteiger partial charge in [-0.15, -0.1) is 0 Å². The molecule has 1 nitrogen and oxygen atoms in total. The highest BCUT2D eigenvalue weighted by atomic mass is 19.4. The summed E-state index contributed by atoms with van der Waals surface area (Å²) >= 11 is 0. The van der Waals surface area contributed by atoms with Crippen molar-refractivity contribution in [1.82, 2.24) is 0 Å². The second-order valence-electron chi connectivity index (χ2n) is 2.41. The molecule has 0 rings (SSSR count). The summed E-state index contributed by atoms with van der Waals surface area (Å²) in [5.74, 6) is 0. The van der Waals surface area contributed by atoms with Gasteiger partial charge >= 0.3 is 6.18 Å². The van der Waals surface area contributed by atoms with Crippen LogP contribution in [0.3, 0.4) is 0 Å². The van der Waals surface area contributed by atoms with E-state index in [0.29, 0.717) is 6.54 Å². The van der Waals surface area contributed by atoms with Crippen molar-refractivity contribution < 1.29 is 13.2 Å². The van der Waals surface area contributed by atoms with Crippen molar-refractivity contribution in [3.8, 4) is 0 Å². The average Bonchev–Trinajstić information content (AvgIpc) is 1.85. The molecule has 66 valence electrons. The molecular formula is C7H12F3N. The zero-order chi connectivity index (χ0) is 8.91. The van der Waals surface area contributed by atoms with Crippen LogP contribution in [0.4, 0.5) is 13.2 Å². The summed E-state index contributed by atoms with van der Waals surface area (Å²) in [5.41, 5.74) is 5.97. The standard InChI is InChI=1S/C7H12F3N/c1-6(5-11)3-2-4-7(8,9)10/h3H,2,4-5,11H2,1H3. The number of halogens is 3. The molecule has 0 aliphatic heterocycles. The smallest absolute Gasteiger partial charge is 0.327 e. The number of hydrogen-bond acceptors (Lipinski definition) is 1. The number of nitrogens with two attached hydrogens (primary N) is 1. The first kappa shape index (κ1) is 10.5. The Hall–Kier alpha value is -0.510. The van der Waals surface area contributed by atoms with Crippen molar-refractivity contribution in [3.63, 3.8) is 0 Å². The van der Waals surface area contributed by atoms with Crippen molar-refractivity contribution in [1.29, 1.82) is 0 Å². The van der Waals surface area contributed by atoms with E-state index in [1.54, 1.807) is 6.92 Å². The fourth-order valence-corrected chi connectivity index (χ4v) is 0.566. The zero-order valence-corrected chi connectivity index (χ0v) is 6.41. The van der Waals surface area contributed by atoms with Crippen LogP contribution in [0.1, 0.15) is 19.8 Å². The van der Waals surface area contributed by atoms with Gasteiger partial charge in [-0.2, -0.15) is 13.2 Å². The lowest BCUT2D eigenvalue weighted by molar-refractivity contribution is -0.133. The highest BCUT2D eigenvalue weighted by Gasteiger charge is 2.25. The van der Waals surface area contributed by atoms with E-state index in [-0.39, 0.29) is 6.42 Å². The van der Waals surface area contributed by atoms with Gasteiger partial charge in [0.05, 0.1) is 0 Å². The molecule has 0 bridgehead atoms. The molecule has 0 spiro atoms. The highest BCUT2D eigenvalue weighted by molar-refractivity contribution is 4.98. The quantitative estimate of drug-likeness (QED) is 0.641. The first-order valence-electron chi connectivity index (χ1n) is 3.38. The lowest BCUT2D eigenvalue weighted by atomic mass is 10.2. The number of alkyl halides is 3. The molecule has 0 aromatic carbocycles.